The van der Waals surface area contributed by atoms with Crippen molar-refractivity contribution >= 4 is 22.4 Å². The van der Waals surface area contributed by atoms with Gasteiger partial charge in [-0.05, 0) is 0 Å². The molecule has 5 nitrogen and oxygen atoms in total. The number of nitrogens with one attached hydrogen (secondary N) is 1. The predicted molar refractivity (Wildman–Crippen MR) is 58.9 cm³/mol. The maximum Gasteiger partial charge on any atom is 0.225 e. The molecule has 0 radical (unpaired) electrons. The van der Waals surface area contributed by atoms with Crippen molar-refractivity contribution in [3.63, 3.8) is 0 Å². The smallest absolute Gasteiger partial charge is 0.225 e. The van der Waals surface area contributed by atoms with Crippen LogP contribution in [0.1, 0.15) is 32.2 Å². The van der Waals surface area contributed by atoms with E-state index in [1.807, 2.05) is 13.8 Å². The second kappa shape index (κ2) is 4.67. The standard InChI is InChI=1S/C9H15N3O2S/c1-4-6(14)10-8-12-11-7(15-8)9(2,3)5-13/h13H,4-5H2,1-3H3,(H,10,12,14). The third-order valence-electron chi connectivity index (χ3n) is 1.97. The van der Waals surface area contributed by atoms with Gasteiger partial charge in [0.25, 0.3) is 0 Å². The molecule has 1 heterocycles. The molecular formula is C9H15N3O2S. The van der Waals surface area contributed by atoms with Crippen LogP contribution in [-0.2, 0) is 10.2 Å². The van der Waals surface area contributed by atoms with Crippen LogP contribution < -0.4 is 5.32 Å². The highest BCUT2D eigenvalue weighted by Crippen LogP contribution is 2.27. The minimum Gasteiger partial charge on any atom is -0.395 e. The minimum atomic E-state index is -0.410. The molecule has 1 amide bonds. The molecule has 6 heteroatoms. The Morgan fingerprint density at radius 1 is 1.53 bits per heavy atom. The highest BCUT2D eigenvalue weighted by molar-refractivity contribution is 7.15. The first-order valence-corrected chi connectivity index (χ1v) is 5.56. The van der Waals surface area contributed by atoms with Gasteiger partial charge in [-0.25, -0.2) is 0 Å². The average Bonchev–Trinajstić information content (AvgIpc) is 2.66. The third-order valence-corrected chi connectivity index (χ3v) is 3.17. The molecule has 0 unspecified atom stereocenters. The summed E-state index contributed by atoms with van der Waals surface area (Å²) >= 11 is 1.29. The maximum atomic E-state index is 11.1. The van der Waals surface area contributed by atoms with Crippen LogP contribution in [0.4, 0.5) is 5.13 Å². The van der Waals surface area contributed by atoms with E-state index >= 15 is 0 Å². The molecular weight excluding hydrogens is 214 g/mol. The lowest BCUT2D eigenvalue weighted by Gasteiger charge is -2.16. The molecule has 1 rings (SSSR count). The number of nitrogens with zero attached hydrogens (tertiary/aromatic N) is 2. The molecule has 1 aromatic rings. The van der Waals surface area contributed by atoms with Crippen molar-refractivity contribution in [2.45, 2.75) is 32.6 Å². The Morgan fingerprint density at radius 2 is 2.20 bits per heavy atom. The molecule has 2 N–H and O–H groups in total. The van der Waals surface area contributed by atoms with Crippen molar-refractivity contribution in [3.8, 4) is 0 Å². The number of hydrogen-bond acceptors (Lipinski definition) is 5. The first kappa shape index (κ1) is 12.1. The van der Waals surface area contributed by atoms with Gasteiger partial charge in [0.05, 0.1) is 6.61 Å². The second-order valence-electron chi connectivity index (χ2n) is 3.86. The van der Waals surface area contributed by atoms with E-state index in [1.165, 1.54) is 11.3 Å². The van der Waals surface area contributed by atoms with Gasteiger partial charge in [-0.3, -0.25) is 4.79 Å². The van der Waals surface area contributed by atoms with E-state index in [1.54, 1.807) is 6.92 Å². The molecule has 0 atom stereocenters. The van der Waals surface area contributed by atoms with Crippen LogP contribution in [0.2, 0.25) is 0 Å². The molecule has 15 heavy (non-hydrogen) atoms. The lowest BCUT2D eigenvalue weighted by atomic mass is 9.96. The molecule has 0 saturated carbocycles. The molecule has 0 aliphatic heterocycles. The van der Waals surface area contributed by atoms with E-state index in [4.69, 9.17) is 5.11 Å². The molecule has 0 aliphatic rings. The van der Waals surface area contributed by atoms with Gasteiger partial charge in [-0.1, -0.05) is 32.1 Å². The van der Waals surface area contributed by atoms with E-state index in [-0.39, 0.29) is 12.5 Å². The summed E-state index contributed by atoms with van der Waals surface area (Å²) in [6.45, 7) is 5.52. The number of carbonyl (C=O) groups excluding carboxylic acids is 1. The molecule has 84 valence electrons. The van der Waals surface area contributed by atoms with Crippen molar-refractivity contribution in [1.29, 1.82) is 0 Å². The second-order valence-corrected chi connectivity index (χ2v) is 4.83. The van der Waals surface area contributed by atoms with Crippen LogP contribution in [0.25, 0.3) is 0 Å². The molecule has 0 bridgehead atoms. The van der Waals surface area contributed by atoms with Gasteiger partial charge < -0.3 is 10.4 Å². The average molecular weight is 229 g/mol. The summed E-state index contributed by atoms with van der Waals surface area (Å²) in [6.07, 6.45) is 0.415. The van der Waals surface area contributed by atoms with Crippen molar-refractivity contribution in [1.82, 2.24) is 10.2 Å². The highest BCUT2D eigenvalue weighted by atomic mass is 32.1. The van der Waals surface area contributed by atoms with Crippen molar-refractivity contribution < 1.29 is 9.90 Å². The zero-order valence-electron chi connectivity index (χ0n) is 9.07. The normalized spacial score (nSPS) is 11.5. The molecule has 1 aromatic heterocycles. The largest absolute Gasteiger partial charge is 0.395 e. The predicted octanol–water partition coefficient (Wildman–Crippen LogP) is 1.16. The summed E-state index contributed by atoms with van der Waals surface area (Å²) in [5.74, 6) is -0.0838. The Bertz CT molecular complexity index is 349. The minimum absolute atomic E-state index is 0.00333. The first-order chi connectivity index (χ1) is 6.99. The first-order valence-electron chi connectivity index (χ1n) is 4.74. The quantitative estimate of drug-likeness (QED) is 0.812. The van der Waals surface area contributed by atoms with Gasteiger partial charge in [0.15, 0.2) is 0 Å². The van der Waals surface area contributed by atoms with Gasteiger partial charge in [0, 0.05) is 11.8 Å². The van der Waals surface area contributed by atoms with Crippen molar-refractivity contribution in [2.75, 3.05) is 11.9 Å². The Hall–Kier alpha value is -1.01. The summed E-state index contributed by atoms with van der Waals surface area (Å²) in [6, 6.07) is 0. The number of anilines is 1. The zero-order valence-corrected chi connectivity index (χ0v) is 9.89. The SMILES string of the molecule is CCC(=O)Nc1nnc(C(C)(C)CO)s1. The number of aliphatic hydroxyl groups excluding tert-OH is 1. The summed E-state index contributed by atoms with van der Waals surface area (Å²) in [7, 11) is 0. The fourth-order valence-electron chi connectivity index (χ4n) is 0.823. The monoisotopic (exact) mass is 229 g/mol. The Balaban J connectivity index is 2.76. The molecule has 0 aromatic carbocycles. The van der Waals surface area contributed by atoms with Gasteiger partial charge in [-0.15, -0.1) is 10.2 Å². The lowest BCUT2D eigenvalue weighted by molar-refractivity contribution is -0.115. The van der Waals surface area contributed by atoms with Crippen LogP contribution in [0.5, 0.6) is 0 Å². The molecule has 0 fully saturated rings. The molecule has 0 saturated heterocycles. The van der Waals surface area contributed by atoms with Crippen molar-refractivity contribution in [2.24, 2.45) is 0 Å². The van der Waals surface area contributed by atoms with Gasteiger partial charge in [0.1, 0.15) is 5.01 Å². The Morgan fingerprint density at radius 3 is 2.73 bits per heavy atom. The Kier molecular flexibility index (Phi) is 3.76. The number of aliphatic hydroxyl groups is 1. The van der Waals surface area contributed by atoms with Gasteiger partial charge >= 0.3 is 0 Å². The molecule has 0 aliphatic carbocycles. The summed E-state index contributed by atoms with van der Waals surface area (Å²) in [5, 5.41) is 20.8. The zero-order chi connectivity index (χ0) is 11.5. The molecule has 0 spiro atoms. The van der Waals surface area contributed by atoms with Crippen LogP contribution in [0.15, 0.2) is 0 Å². The number of carbonyl (C=O) groups is 1. The highest BCUT2D eigenvalue weighted by Gasteiger charge is 2.24. The van der Waals surface area contributed by atoms with Crippen LogP contribution in [-0.4, -0.2) is 27.8 Å². The number of aromatic nitrogens is 2. The van der Waals surface area contributed by atoms with Crippen molar-refractivity contribution in [3.05, 3.63) is 5.01 Å². The summed E-state index contributed by atoms with van der Waals surface area (Å²) in [5.41, 5.74) is -0.410. The fourth-order valence-corrected chi connectivity index (χ4v) is 1.67. The van der Waals surface area contributed by atoms with Gasteiger partial charge in [-0.2, -0.15) is 0 Å². The van der Waals surface area contributed by atoms with E-state index in [2.05, 4.69) is 15.5 Å². The van der Waals surface area contributed by atoms with E-state index < -0.39 is 5.41 Å². The van der Waals surface area contributed by atoms with Crippen LogP contribution >= 0.6 is 11.3 Å². The number of hydrogen-bond donors (Lipinski definition) is 2. The summed E-state index contributed by atoms with van der Waals surface area (Å²) < 4.78 is 0. The fraction of sp³-hybridized carbons (Fsp3) is 0.667. The van der Waals surface area contributed by atoms with Gasteiger partial charge in [0.2, 0.25) is 11.0 Å². The maximum absolute atomic E-state index is 11.1. The van der Waals surface area contributed by atoms with E-state index in [0.29, 0.717) is 11.6 Å². The van der Waals surface area contributed by atoms with Crippen LogP contribution in [0.3, 0.4) is 0 Å². The number of amides is 1. The number of rotatable bonds is 4. The third kappa shape index (κ3) is 2.97. The Labute approximate surface area is 92.5 Å². The van der Waals surface area contributed by atoms with Crippen LogP contribution in [0, 0.1) is 0 Å². The van der Waals surface area contributed by atoms with E-state index in [0.717, 1.165) is 5.01 Å². The summed E-state index contributed by atoms with van der Waals surface area (Å²) in [4.78, 5) is 11.1. The topological polar surface area (TPSA) is 75.1 Å². The lowest BCUT2D eigenvalue weighted by Crippen LogP contribution is -2.21. The van der Waals surface area contributed by atoms with E-state index in [9.17, 15) is 4.79 Å².